The molecule has 4 aromatic heterocycles. The molecule has 0 saturated carbocycles. The van der Waals surface area contributed by atoms with E-state index < -0.39 is 42.3 Å². The molecule has 57 heavy (non-hydrogen) atoms. The Morgan fingerprint density at radius 2 is 1.25 bits per heavy atom. The van der Waals surface area contributed by atoms with Gasteiger partial charge in [0.25, 0.3) is 0 Å². The first kappa shape index (κ1) is 22.8. The van der Waals surface area contributed by atoms with Gasteiger partial charge in [-0.15, -0.1) is 11.3 Å². The van der Waals surface area contributed by atoms with Gasteiger partial charge in [-0.2, -0.15) is 0 Å². The lowest BCUT2D eigenvalue weighted by Crippen LogP contribution is -2.00. The van der Waals surface area contributed by atoms with Crippen molar-refractivity contribution in [1.29, 1.82) is 0 Å². The first-order valence-corrected chi connectivity index (χ1v) is 18.9. The Bertz CT molecular complexity index is 4170. The fraction of sp³-hybridized carbons (Fsp3) is 0. The van der Waals surface area contributed by atoms with E-state index in [1.165, 1.54) is 22.8 Å². The highest BCUT2D eigenvalue weighted by atomic mass is 32.1. The van der Waals surface area contributed by atoms with Crippen molar-refractivity contribution in [3.05, 3.63) is 182 Å². The molecule has 12 rings (SSSR count). The number of hydrogen-bond donors (Lipinski definition) is 0. The van der Waals surface area contributed by atoms with Crippen molar-refractivity contribution in [2.24, 2.45) is 0 Å². The molecule has 0 N–H and O–H groups in total. The Morgan fingerprint density at radius 3 is 2.12 bits per heavy atom. The molecule has 0 bridgehead atoms. The summed E-state index contributed by atoms with van der Waals surface area (Å²) in [4.78, 5) is 14.9. The summed E-state index contributed by atoms with van der Waals surface area (Å²) in [6, 6.07) is 31.4. The second-order valence-corrected chi connectivity index (χ2v) is 14.6. The molecule has 0 fully saturated rings. The molecule has 0 aliphatic heterocycles. The zero-order valence-corrected chi connectivity index (χ0v) is 30.4. The normalized spacial score (nSPS) is 14.6. The van der Waals surface area contributed by atoms with Crippen LogP contribution in [0.4, 0.5) is 0 Å². The number of fused-ring (bicyclic) bond motifs is 9. The van der Waals surface area contributed by atoms with Gasteiger partial charge in [-0.3, -0.25) is 0 Å². The van der Waals surface area contributed by atoms with Gasteiger partial charge in [0.2, 0.25) is 0 Å². The minimum atomic E-state index is -0.578. The first-order valence-electron chi connectivity index (χ1n) is 23.6. The van der Waals surface area contributed by atoms with Crippen LogP contribution >= 0.6 is 11.3 Å². The summed E-state index contributed by atoms with van der Waals surface area (Å²) >= 11 is 1.65. The van der Waals surface area contributed by atoms with Gasteiger partial charge in [0.15, 0.2) is 17.5 Å². The molecule has 5 nitrogen and oxygen atoms in total. The maximum absolute atomic E-state index is 9.74. The van der Waals surface area contributed by atoms with Gasteiger partial charge in [0.1, 0.15) is 11.2 Å². The lowest BCUT2D eigenvalue weighted by atomic mass is 10.0. The lowest BCUT2D eigenvalue weighted by molar-refractivity contribution is 0.669. The standard InChI is InChI=1S/C51H30N4OS/c1-3-13-31(14-4-1)33-25-28-38-46(30-33)57-45-24-11-19-39(47(38)45)51-53-49(32-15-5-2-6-16-32)52-50(54-51)34-26-27-37-44(29-34)56-43-23-12-22-42(48(37)43)55-40-20-9-7-17-35(40)36-18-8-10-21-41(36)55/h1-30H/i7D,8D,9D,12D,17D,18D,20D,22D,23D,26D,29D. The third-order valence-electron chi connectivity index (χ3n) is 10.3. The van der Waals surface area contributed by atoms with E-state index in [1.807, 2.05) is 60.7 Å². The van der Waals surface area contributed by atoms with E-state index in [-0.39, 0.29) is 85.0 Å². The van der Waals surface area contributed by atoms with Gasteiger partial charge >= 0.3 is 0 Å². The molecule has 0 aliphatic rings. The average Bonchev–Trinajstić information content (AvgIpc) is 4.04. The molecule has 0 amide bonds. The van der Waals surface area contributed by atoms with Crippen LogP contribution in [0.25, 0.3) is 115 Å². The molecular formula is C51H30N4OS. The summed E-state index contributed by atoms with van der Waals surface area (Å²) in [5.41, 5.74) is 3.18. The molecule has 0 aliphatic carbocycles. The van der Waals surface area contributed by atoms with Crippen LogP contribution in [-0.2, 0) is 0 Å². The Hall–Kier alpha value is -7.41. The SMILES string of the molecule is [2H]c1cc2c(oc3c([2H])c([2H])c([2H])c(-n4c5ccc([2H])c([2H])c5c5c([2H])c([2H])c([2H])c([2H])c54)c32)c([2H])c1-c1nc(-c2ccccc2)nc(-c2cccc3sc4cc(-c5ccccc5)ccc4c23)n1. The monoisotopic (exact) mass is 757 g/mol. The van der Waals surface area contributed by atoms with Gasteiger partial charge in [0.05, 0.1) is 37.2 Å². The van der Waals surface area contributed by atoms with Gasteiger partial charge in [-0.05, 0) is 59.6 Å². The maximum Gasteiger partial charge on any atom is 0.164 e. The largest absolute Gasteiger partial charge is 0.456 e. The Balaban J connectivity index is 1.13. The highest BCUT2D eigenvalue weighted by Crippen LogP contribution is 2.43. The molecule has 0 atom stereocenters. The van der Waals surface area contributed by atoms with Crippen LogP contribution in [0.15, 0.2) is 186 Å². The van der Waals surface area contributed by atoms with Crippen LogP contribution in [0.1, 0.15) is 15.1 Å². The number of hydrogen-bond acceptors (Lipinski definition) is 5. The van der Waals surface area contributed by atoms with Crippen molar-refractivity contribution in [1.82, 2.24) is 19.5 Å². The average molecular weight is 758 g/mol. The van der Waals surface area contributed by atoms with E-state index in [2.05, 4.69) is 36.4 Å². The van der Waals surface area contributed by atoms with Gasteiger partial charge < -0.3 is 8.98 Å². The summed E-state index contributed by atoms with van der Waals surface area (Å²) in [7, 11) is 0. The molecule has 0 unspecified atom stereocenters. The molecule has 0 saturated heterocycles. The van der Waals surface area contributed by atoms with E-state index in [0.717, 1.165) is 36.9 Å². The lowest BCUT2D eigenvalue weighted by Gasteiger charge is -2.10. The van der Waals surface area contributed by atoms with Gasteiger partial charge in [-0.25, -0.2) is 15.0 Å². The van der Waals surface area contributed by atoms with Crippen molar-refractivity contribution < 1.29 is 19.5 Å². The number of para-hydroxylation sites is 2. The van der Waals surface area contributed by atoms with Crippen LogP contribution in [0.3, 0.4) is 0 Å². The highest BCUT2D eigenvalue weighted by Gasteiger charge is 2.20. The van der Waals surface area contributed by atoms with Gasteiger partial charge in [-0.1, -0.05) is 133 Å². The number of benzene rings is 8. The third-order valence-corrected chi connectivity index (χ3v) is 11.4. The fourth-order valence-electron chi connectivity index (χ4n) is 7.70. The number of nitrogens with zero attached hydrogens (tertiary/aromatic N) is 4. The quantitative estimate of drug-likeness (QED) is 0.175. The van der Waals surface area contributed by atoms with Gasteiger partial charge in [0, 0.05) is 53.0 Å². The van der Waals surface area contributed by atoms with Crippen LogP contribution in [0.2, 0.25) is 0 Å². The molecule has 12 aromatic rings. The first-order chi connectivity index (χ1) is 32.8. The Morgan fingerprint density at radius 1 is 0.474 bits per heavy atom. The number of rotatable bonds is 5. The third kappa shape index (κ3) is 5.04. The van der Waals surface area contributed by atoms with Crippen LogP contribution in [-0.4, -0.2) is 19.5 Å². The van der Waals surface area contributed by atoms with Crippen molar-refractivity contribution in [2.75, 3.05) is 0 Å². The fourth-order valence-corrected chi connectivity index (χ4v) is 8.87. The predicted molar refractivity (Wildman–Crippen MR) is 236 cm³/mol. The van der Waals surface area contributed by atoms with Crippen LogP contribution < -0.4 is 0 Å². The zero-order valence-electron chi connectivity index (χ0n) is 40.6. The molecular weight excluding hydrogens is 717 g/mol. The number of thiophene rings is 1. The van der Waals surface area contributed by atoms with Crippen molar-refractivity contribution >= 4 is 75.3 Å². The van der Waals surface area contributed by atoms with Crippen molar-refractivity contribution in [3.63, 3.8) is 0 Å². The Kier molecular flexibility index (Phi) is 5.04. The summed E-state index contributed by atoms with van der Waals surface area (Å²) < 4.78 is 109. The van der Waals surface area contributed by atoms with E-state index in [1.54, 1.807) is 11.3 Å². The molecule has 0 radical (unpaired) electrons. The molecule has 6 heteroatoms. The molecule has 8 aromatic carbocycles. The summed E-state index contributed by atoms with van der Waals surface area (Å²) in [6.45, 7) is 0. The molecule has 0 spiro atoms. The molecule has 4 heterocycles. The predicted octanol–water partition coefficient (Wildman–Crippen LogP) is 13.9. The number of furan rings is 1. The smallest absolute Gasteiger partial charge is 0.164 e. The highest BCUT2D eigenvalue weighted by molar-refractivity contribution is 7.26. The zero-order chi connectivity index (χ0) is 47.0. The van der Waals surface area contributed by atoms with E-state index in [4.69, 9.17) is 30.3 Å². The van der Waals surface area contributed by atoms with E-state index >= 15 is 0 Å². The topological polar surface area (TPSA) is 56.7 Å². The minimum absolute atomic E-state index is 0.00896. The summed E-state index contributed by atoms with van der Waals surface area (Å²) in [5, 5.41) is 2.09. The second-order valence-electron chi connectivity index (χ2n) is 13.5. The Labute approximate surface area is 346 Å². The number of aromatic nitrogens is 4. The summed E-state index contributed by atoms with van der Waals surface area (Å²) in [6.07, 6.45) is 0. The van der Waals surface area contributed by atoms with E-state index in [0.29, 0.717) is 17.2 Å². The maximum atomic E-state index is 9.74. The molecule has 266 valence electrons. The summed E-state index contributed by atoms with van der Waals surface area (Å²) in [5.74, 6) is 0.616. The van der Waals surface area contributed by atoms with Crippen molar-refractivity contribution in [2.45, 2.75) is 0 Å². The van der Waals surface area contributed by atoms with Crippen LogP contribution in [0, 0.1) is 0 Å². The van der Waals surface area contributed by atoms with Crippen molar-refractivity contribution in [3.8, 4) is 51.0 Å². The van der Waals surface area contributed by atoms with Crippen LogP contribution in [0.5, 0.6) is 0 Å². The second kappa shape index (κ2) is 12.6. The minimum Gasteiger partial charge on any atom is -0.456 e. The van der Waals surface area contributed by atoms with E-state index in [9.17, 15) is 4.11 Å².